The number of benzene rings is 1. The third kappa shape index (κ3) is 5.49. The number of hydrogen-bond acceptors (Lipinski definition) is 5. The predicted molar refractivity (Wildman–Crippen MR) is 136 cm³/mol. The van der Waals surface area contributed by atoms with Gasteiger partial charge in [-0.15, -0.1) is 0 Å². The molecule has 35 heavy (non-hydrogen) atoms. The van der Waals surface area contributed by atoms with Crippen molar-refractivity contribution < 1.29 is 27.1 Å². The number of aromatic nitrogens is 2. The summed E-state index contributed by atoms with van der Waals surface area (Å²) in [5.41, 5.74) is -0.392. The number of anilines is 1. The fourth-order valence-corrected chi connectivity index (χ4v) is 5.34. The highest BCUT2D eigenvalue weighted by Crippen LogP contribution is 2.36. The number of sulfonamides is 1. The molecule has 0 aliphatic rings. The minimum absolute atomic E-state index is 0.0524. The van der Waals surface area contributed by atoms with E-state index in [2.05, 4.69) is 25.9 Å². The highest BCUT2D eigenvalue weighted by Gasteiger charge is 2.37. The minimum Gasteiger partial charge on any atom is -0.478 e. The van der Waals surface area contributed by atoms with Crippen molar-refractivity contribution in [1.82, 2.24) is 9.61 Å². The second-order valence-corrected chi connectivity index (χ2v) is 16.6. The summed E-state index contributed by atoms with van der Waals surface area (Å²) in [6.45, 7) is 10.3. The van der Waals surface area contributed by atoms with Crippen LogP contribution < -0.4 is 9.73 Å². The van der Waals surface area contributed by atoms with Gasteiger partial charge in [0.05, 0.1) is 36.8 Å². The highest BCUT2D eigenvalue weighted by molar-refractivity contribution is 7.92. The first-order valence-electron chi connectivity index (χ1n) is 10.9. The van der Waals surface area contributed by atoms with Crippen LogP contribution in [0.3, 0.4) is 0 Å². The van der Waals surface area contributed by atoms with Crippen molar-refractivity contribution in [1.29, 1.82) is 0 Å². The number of fused-ring (bicyclic) bond motifs is 1. The van der Waals surface area contributed by atoms with E-state index in [9.17, 15) is 27.5 Å². The Balaban J connectivity index is 2.08. The largest absolute Gasteiger partial charge is 0.478 e. The van der Waals surface area contributed by atoms with Crippen molar-refractivity contribution in [3.63, 3.8) is 0 Å². The van der Waals surface area contributed by atoms with Crippen molar-refractivity contribution in [2.75, 3.05) is 23.7 Å². The summed E-state index contributed by atoms with van der Waals surface area (Å²) in [5.74, 6) is -1.78. The SMILES string of the molecule is CC(C)(C)[Si](C)(C)OCCN(c1cn2[nH]c(-c3ccc(F)cc3)c(C(=O)O)c2cc1=O)S(C)(=O)=O. The van der Waals surface area contributed by atoms with Gasteiger partial charge in [-0.1, -0.05) is 20.8 Å². The van der Waals surface area contributed by atoms with Gasteiger partial charge in [0.2, 0.25) is 15.5 Å². The van der Waals surface area contributed by atoms with Crippen LogP contribution in [-0.2, 0) is 14.4 Å². The zero-order valence-electron chi connectivity index (χ0n) is 20.5. The molecule has 2 aromatic heterocycles. The molecule has 0 aliphatic heterocycles. The van der Waals surface area contributed by atoms with Crippen LogP contribution in [0.25, 0.3) is 16.8 Å². The van der Waals surface area contributed by atoms with Crippen LogP contribution in [-0.4, -0.2) is 56.8 Å². The summed E-state index contributed by atoms with van der Waals surface area (Å²) < 4.78 is 46.9. The van der Waals surface area contributed by atoms with E-state index in [0.717, 1.165) is 16.6 Å². The number of carboxylic acids is 1. The van der Waals surface area contributed by atoms with E-state index in [1.807, 2.05) is 13.1 Å². The van der Waals surface area contributed by atoms with Crippen LogP contribution >= 0.6 is 0 Å². The van der Waals surface area contributed by atoms with Crippen LogP contribution in [0.2, 0.25) is 18.1 Å². The minimum atomic E-state index is -3.86. The number of hydrogen-bond donors (Lipinski definition) is 2. The molecule has 3 aromatic rings. The molecule has 2 N–H and O–H groups in total. The summed E-state index contributed by atoms with van der Waals surface area (Å²) >= 11 is 0. The van der Waals surface area contributed by atoms with Crippen molar-refractivity contribution in [2.24, 2.45) is 0 Å². The van der Waals surface area contributed by atoms with Crippen LogP contribution in [0.4, 0.5) is 10.1 Å². The number of pyridine rings is 1. The number of H-pyrrole nitrogens is 1. The van der Waals surface area contributed by atoms with Crippen molar-refractivity contribution >= 4 is 35.5 Å². The molecule has 12 heteroatoms. The summed E-state index contributed by atoms with van der Waals surface area (Å²) in [7, 11) is -6.01. The summed E-state index contributed by atoms with van der Waals surface area (Å²) in [6, 6.07) is 6.28. The van der Waals surface area contributed by atoms with E-state index >= 15 is 0 Å². The van der Waals surface area contributed by atoms with Gasteiger partial charge in [0.25, 0.3) is 0 Å². The Hall–Kier alpha value is -2.96. The standard InChI is InChI=1S/C23H30FN3O6SSi/c1-23(2,3)35(5,6)33-12-11-27(34(4,31)32)18-14-26-17(13-19(18)28)20(22(29)30)21(25-26)15-7-9-16(24)10-8-15/h7-10,13-14,25H,11-12H2,1-6H3,(H,29,30). The molecule has 9 nitrogen and oxygen atoms in total. The number of nitrogens with one attached hydrogen (secondary N) is 1. The predicted octanol–water partition coefficient (Wildman–Crippen LogP) is 3.92. The van der Waals surface area contributed by atoms with Gasteiger partial charge in [0, 0.05) is 11.6 Å². The van der Waals surface area contributed by atoms with Gasteiger partial charge in [0.1, 0.15) is 17.1 Å². The normalized spacial score (nSPS) is 12.8. The van der Waals surface area contributed by atoms with E-state index in [0.29, 0.717) is 5.56 Å². The zero-order chi connectivity index (χ0) is 26.3. The molecule has 0 saturated heterocycles. The molecule has 1 aromatic carbocycles. The Kier molecular flexibility index (Phi) is 7.04. The van der Waals surface area contributed by atoms with Gasteiger partial charge in [-0.05, 0) is 42.4 Å². The Morgan fingerprint density at radius 2 is 1.83 bits per heavy atom. The maximum atomic E-state index is 13.4. The monoisotopic (exact) mass is 523 g/mol. The molecule has 0 saturated carbocycles. The van der Waals surface area contributed by atoms with Gasteiger partial charge in [-0.3, -0.25) is 18.7 Å². The van der Waals surface area contributed by atoms with Gasteiger partial charge in [-0.2, -0.15) is 0 Å². The molecule has 0 fully saturated rings. The number of aromatic amines is 1. The van der Waals surface area contributed by atoms with E-state index in [-0.39, 0.29) is 40.7 Å². The third-order valence-corrected chi connectivity index (χ3v) is 12.1. The zero-order valence-corrected chi connectivity index (χ0v) is 22.4. The molecule has 0 spiro atoms. The highest BCUT2D eigenvalue weighted by atomic mass is 32.2. The molecule has 190 valence electrons. The van der Waals surface area contributed by atoms with Crippen LogP contribution in [0, 0.1) is 5.82 Å². The number of halogens is 1. The lowest BCUT2D eigenvalue weighted by Gasteiger charge is -2.36. The maximum Gasteiger partial charge on any atom is 0.340 e. The van der Waals surface area contributed by atoms with Crippen LogP contribution in [0.15, 0.2) is 41.3 Å². The quantitative estimate of drug-likeness (QED) is 0.432. The van der Waals surface area contributed by atoms with E-state index < -0.39 is 35.6 Å². The van der Waals surface area contributed by atoms with Gasteiger partial charge in [0.15, 0.2) is 8.32 Å². The van der Waals surface area contributed by atoms with E-state index in [4.69, 9.17) is 4.43 Å². The Morgan fingerprint density at radius 3 is 2.34 bits per heavy atom. The first-order chi connectivity index (χ1) is 16.0. The summed E-state index contributed by atoms with van der Waals surface area (Å²) in [5, 5.41) is 12.6. The Bertz CT molecular complexity index is 1420. The molecule has 0 unspecified atom stereocenters. The average molecular weight is 524 g/mol. The molecule has 2 heterocycles. The lowest BCUT2D eigenvalue weighted by molar-refractivity contribution is 0.0699. The summed E-state index contributed by atoms with van der Waals surface area (Å²) in [4.78, 5) is 25.0. The van der Waals surface area contributed by atoms with Crippen molar-refractivity contribution in [3.05, 3.63) is 58.1 Å². The first kappa shape index (κ1) is 26.6. The molecular weight excluding hydrogens is 493 g/mol. The molecule has 0 atom stereocenters. The first-order valence-corrected chi connectivity index (χ1v) is 15.7. The van der Waals surface area contributed by atoms with Gasteiger partial charge in [-0.25, -0.2) is 17.6 Å². The number of carbonyl (C=O) groups is 1. The molecular formula is C23H30FN3O6SSi. The Labute approximate surface area is 204 Å². The van der Waals surface area contributed by atoms with Crippen LogP contribution in [0.1, 0.15) is 31.1 Å². The summed E-state index contributed by atoms with van der Waals surface area (Å²) in [6.07, 6.45) is 2.25. The maximum absolute atomic E-state index is 13.4. The smallest absolute Gasteiger partial charge is 0.340 e. The van der Waals surface area contributed by atoms with Crippen molar-refractivity contribution in [2.45, 2.75) is 38.9 Å². The fourth-order valence-electron chi connectivity index (χ4n) is 3.41. The number of nitrogens with zero attached hydrogens (tertiary/aromatic N) is 2. The van der Waals surface area contributed by atoms with Gasteiger partial charge < -0.3 is 9.53 Å². The number of carboxylic acid groups (broad SMARTS) is 1. The van der Waals surface area contributed by atoms with Crippen LogP contribution in [0.5, 0.6) is 0 Å². The molecule has 3 rings (SSSR count). The second-order valence-electron chi connectivity index (χ2n) is 9.90. The molecule has 0 aliphatic carbocycles. The Morgan fingerprint density at radius 1 is 1.23 bits per heavy atom. The van der Waals surface area contributed by atoms with Crippen molar-refractivity contribution in [3.8, 4) is 11.3 Å². The molecule has 0 amide bonds. The lowest BCUT2D eigenvalue weighted by Crippen LogP contribution is -2.44. The fraction of sp³-hybridized carbons (Fsp3) is 0.391. The number of aromatic carboxylic acids is 1. The van der Waals surface area contributed by atoms with E-state index in [1.54, 1.807) is 0 Å². The number of rotatable bonds is 8. The molecule has 0 bridgehead atoms. The van der Waals surface area contributed by atoms with Gasteiger partial charge >= 0.3 is 5.97 Å². The average Bonchev–Trinajstić information content (AvgIpc) is 3.08. The third-order valence-electron chi connectivity index (χ3n) is 6.35. The lowest BCUT2D eigenvalue weighted by atomic mass is 10.1. The molecule has 0 radical (unpaired) electrons. The second kappa shape index (κ2) is 9.24. The van der Waals surface area contributed by atoms with E-state index in [1.165, 1.54) is 35.0 Å². The topological polar surface area (TPSA) is 121 Å².